The summed E-state index contributed by atoms with van der Waals surface area (Å²) in [5.41, 5.74) is 8.98. The highest BCUT2D eigenvalue weighted by Crippen LogP contribution is 2.28. The average Bonchev–Trinajstić information content (AvgIpc) is 2.57. The lowest BCUT2D eigenvalue weighted by Gasteiger charge is -2.11. The highest BCUT2D eigenvalue weighted by molar-refractivity contribution is 6.33. The van der Waals surface area contributed by atoms with Crippen molar-refractivity contribution in [1.82, 2.24) is 5.32 Å². The molecule has 0 heterocycles. The summed E-state index contributed by atoms with van der Waals surface area (Å²) < 4.78 is 5.19. The lowest BCUT2D eigenvalue weighted by Crippen LogP contribution is -2.26. The van der Waals surface area contributed by atoms with Gasteiger partial charge in [-0.15, -0.1) is 12.4 Å². The fraction of sp³-hybridized carbons (Fsp3) is 0.278. The van der Waals surface area contributed by atoms with Gasteiger partial charge in [-0.2, -0.15) is 0 Å². The number of hydrogen-bond donors (Lipinski definition) is 2. The van der Waals surface area contributed by atoms with Gasteiger partial charge < -0.3 is 15.8 Å². The molecule has 0 aliphatic heterocycles. The first-order valence-corrected chi connectivity index (χ1v) is 7.92. The molecule has 1 amide bonds. The van der Waals surface area contributed by atoms with E-state index < -0.39 is 0 Å². The average molecular weight is 369 g/mol. The van der Waals surface area contributed by atoms with Crippen LogP contribution in [-0.2, 0) is 12.8 Å². The van der Waals surface area contributed by atoms with Crippen molar-refractivity contribution in [3.63, 3.8) is 0 Å². The maximum Gasteiger partial charge on any atom is 0.255 e. The summed E-state index contributed by atoms with van der Waals surface area (Å²) in [6.07, 6.45) is 1.79. The van der Waals surface area contributed by atoms with E-state index >= 15 is 0 Å². The number of rotatable bonds is 6. The van der Waals surface area contributed by atoms with Gasteiger partial charge in [0.05, 0.1) is 23.4 Å². The zero-order chi connectivity index (χ0) is 16.8. The third-order valence-corrected chi connectivity index (χ3v) is 4.02. The lowest BCUT2D eigenvalue weighted by molar-refractivity contribution is 0.0951. The number of nitrogen functional groups attached to an aromatic ring is 1. The van der Waals surface area contributed by atoms with Crippen LogP contribution in [0.3, 0.4) is 0 Å². The van der Waals surface area contributed by atoms with Gasteiger partial charge in [0.25, 0.3) is 5.91 Å². The fourth-order valence-electron chi connectivity index (χ4n) is 2.27. The molecule has 0 saturated carbocycles. The molecule has 0 unspecified atom stereocenters. The zero-order valence-corrected chi connectivity index (χ0v) is 15.3. The molecule has 2 aromatic rings. The summed E-state index contributed by atoms with van der Waals surface area (Å²) >= 11 is 5.98. The molecule has 0 aliphatic carbocycles. The van der Waals surface area contributed by atoms with Crippen LogP contribution in [0.5, 0.6) is 5.75 Å². The van der Waals surface area contributed by atoms with Crippen LogP contribution in [0.25, 0.3) is 0 Å². The first-order chi connectivity index (χ1) is 11.0. The van der Waals surface area contributed by atoms with Crippen LogP contribution in [0.4, 0.5) is 5.69 Å². The van der Waals surface area contributed by atoms with Gasteiger partial charge in [-0.3, -0.25) is 4.79 Å². The Hall–Kier alpha value is -1.91. The number of aryl methyl sites for hydroxylation is 1. The topological polar surface area (TPSA) is 64.4 Å². The van der Waals surface area contributed by atoms with E-state index in [9.17, 15) is 4.79 Å². The van der Waals surface area contributed by atoms with E-state index in [0.717, 1.165) is 12.8 Å². The summed E-state index contributed by atoms with van der Waals surface area (Å²) in [5.74, 6) is 0.186. The monoisotopic (exact) mass is 368 g/mol. The second-order valence-corrected chi connectivity index (χ2v) is 5.66. The maximum atomic E-state index is 12.3. The fourth-order valence-corrected chi connectivity index (χ4v) is 2.44. The molecule has 0 radical (unpaired) electrons. The van der Waals surface area contributed by atoms with Gasteiger partial charge in [-0.1, -0.05) is 42.8 Å². The molecular formula is C18H22Cl2N2O2. The third kappa shape index (κ3) is 5.05. The molecule has 2 rings (SSSR count). The van der Waals surface area contributed by atoms with E-state index in [1.54, 1.807) is 6.07 Å². The highest BCUT2D eigenvalue weighted by Gasteiger charge is 2.14. The molecule has 130 valence electrons. The number of carbonyl (C=O) groups excluding carboxylic acids is 1. The van der Waals surface area contributed by atoms with Crippen LogP contribution in [0.2, 0.25) is 5.02 Å². The van der Waals surface area contributed by atoms with Crippen molar-refractivity contribution in [1.29, 1.82) is 0 Å². The van der Waals surface area contributed by atoms with Crippen molar-refractivity contribution in [3.05, 3.63) is 58.1 Å². The molecule has 6 heteroatoms. The first kappa shape index (κ1) is 20.1. The van der Waals surface area contributed by atoms with Crippen LogP contribution in [-0.4, -0.2) is 19.6 Å². The normalized spacial score (nSPS) is 9.96. The summed E-state index contributed by atoms with van der Waals surface area (Å²) in [6, 6.07) is 11.5. The Balaban J connectivity index is 0.00000288. The van der Waals surface area contributed by atoms with Crippen molar-refractivity contribution < 1.29 is 9.53 Å². The van der Waals surface area contributed by atoms with Gasteiger partial charge in [0.1, 0.15) is 5.75 Å². The molecule has 24 heavy (non-hydrogen) atoms. The zero-order valence-electron chi connectivity index (χ0n) is 13.8. The van der Waals surface area contributed by atoms with Crippen molar-refractivity contribution in [2.75, 3.05) is 19.4 Å². The van der Waals surface area contributed by atoms with Gasteiger partial charge in [-0.05, 0) is 30.0 Å². The number of benzene rings is 2. The molecular weight excluding hydrogens is 347 g/mol. The Morgan fingerprint density at radius 2 is 1.83 bits per heavy atom. The Kier molecular flexibility index (Phi) is 7.89. The van der Waals surface area contributed by atoms with E-state index in [4.69, 9.17) is 22.1 Å². The summed E-state index contributed by atoms with van der Waals surface area (Å²) in [6.45, 7) is 2.66. The number of carbonyl (C=O) groups is 1. The van der Waals surface area contributed by atoms with Gasteiger partial charge in [0, 0.05) is 12.6 Å². The van der Waals surface area contributed by atoms with Crippen molar-refractivity contribution >= 4 is 35.6 Å². The molecule has 0 atom stereocenters. The summed E-state index contributed by atoms with van der Waals surface area (Å²) in [4.78, 5) is 12.3. The van der Waals surface area contributed by atoms with E-state index in [0.29, 0.717) is 28.6 Å². The van der Waals surface area contributed by atoms with Crippen LogP contribution in [0.15, 0.2) is 36.4 Å². The van der Waals surface area contributed by atoms with Gasteiger partial charge in [0.2, 0.25) is 0 Å². The Labute approximate surface area is 153 Å². The second kappa shape index (κ2) is 9.40. The molecule has 0 saturated heterocycles. The molecule has 0 spiro atoms. The SMILES string of the molecule is CCc1ccc(CCNC(=O)c2cc(Cl)c(N)cc2OC)cc1.Cl. The first-order valence-electron chi connectivity index (χ1n) is 7.54. The number of halogens is 2. The van der Waals surface area contributed by atoms with Crippen LogP contribution in [0.1, 0.15) is 28.4 Å². The van der Waals surface area contributed by atoms with Crippen LogP contribution < -0.4 is 15.8 Å². The number of ether oxygens (including phenoxy) is 1. The number of nitrogens with one attached hydrogen (secondary N) is 1. The summed E-state index contributed by atoms with van der Waals surface area (Å²) in [7, 11) is 1.49. The molecule has 0 aliphatic rings. The number of anilines is 1. The molecule has 3 N–H and O–H groups in total. The van der Waals surface area contributed by atoms with Crippen molar-refractivity contribution in [3.8, 4) is 5.75 Å². The number of nitrogens with two attached hydrogens (primary N) is 1. The largest absolute Gasteiger partial charge is 0.496 e. The number of amides is 1. The Morgan fingerprint density at radius 3 is 2.42 bits per heavy atom. The summed E-state index contributed by atoms with van der Waals surface area (Å²) in [5, 5.41) is 3.22. The number of hydrogen-bond acceptors (Lipinski definition) is 3. The van der Waals surface area contributed by atoms with Gasteiger partial charge in [0.15, 0.2) is 0 Å². The van der Waals surface area contributed by atoms with E-state index in [2.05, 4.69) is 36.5 Å². The van der Waals surface area contributed by atoms with Gasteiger partial charge in [-0.25, -0.2) is 0 Å². The molecule has 0 fully saturated rings. The molecule has 4 nitrogen and oxygen atoms in total. The molecule has 2 aromatic carbocycles. The highest BCUT2D eigenvalue weighted by atomic mass is 35.5. The molecule has 0 aromatic heterocycles. The molecule has 0 bridgehead atoms. The van der Waals surface area contributed by atoms with Gasteiger partial charge >= 0.3 is 0 Å². The second-order valence-electron chi connectivity index (χ2n) is 5.25. The standard InChI is InChI=1S/C18H21ClN2O2.ClH/c1-3-12-4-6-13(7-5-12)8-9-21-18(22)14-10-15(19)16(20)11-17(14)23-2;/h4-7,10-11H,3,8-9,20H2,1-2H3,(H,21,22);1H. The third-order valence-electron chi connectivity index (χ3n) is 3.69. The maximum absolute atomic E-state index is 12.3. The predicted molar refractivity (Wildman–Crippen MR) is 102 cm³/mol. The Bertz CT molecular complexity index is 688. The minimum absolute atomic E-state index is 0. The minimum atomic E-state index is -0.228. The number of methoxy groups -OCH3 is 1. The quantitative estimate of drug-likeness (QED) is 0.760. The van der Waals surface area contributed by atoms with Crippen molar-refractivity contribution in [2.24, 2.45) is 0 Å². The van der Waals surface area contributed by atoms with Crippen molar-refractivity contribution in [2.45, 2.75) is 19.8 Å². The predicted octanol–water partition coefficient (Wildman–Crippen LogP) is 3.89. The Morgan fingerprint density at radius 1 is 1.21 bits per heavy atom. The van der Waals surface area contributed by atoms with Crippen LogP contribution >= 0.6 is 24.0 Å². The smallest absolute Gasteiger partial charge is 0.255 e. The van der Waals surface area contributed by atoms with E-state index in [1.165, 1.54) is 24.3 Å². The van der Waals surface area contributed by atoms with E-state index in [-0.39, 0.29) is 18.3 Å². The lowest BCUT2D eigenvalue weighted by atomic mass is 10.1. The minimum Gasteiger partial charge on any atom is -0.496 e. The van der Waals surface area contributed by atoms with Crippen LogP contribution in [0, 0.1) is 0 Å². The van der Waals surface area contributed by atoms with E-state index in [1.807, 2.05) is 0 Å².